The molecule has 4 nitrogen and oxygen atoms in total. The summed E-state index contributed by atoms with van der Waals surface area (Å²) in [6, 6.07) is 0. The van der Waals surface area contributed by atoms with Crippen LogP contribution in [0.1, 0.15) is 13.8 Å². The summed E-state index contributed by atoms with van der Waals surface area (Å²) in [5.74, 6) is 0. The molecule has 71 heavy (non-hydrogen) atoms. The molecule has 0 rings (SSSR count). The van der Waals surface area contributed by atoms with Crippen molar-refractivity contribution in [3.8, 4) is 0 Å². The Morgan fingerprint density at radius 1 is 0.310 bits per heavy atom. The number of hydrogen-bond donors (Lipinski definition) is 1. The molecule has 0 fully saturated rings. The average Bonchev–Trinajstić information content (AvgIpc) is 3.36. The van der Waals surface area contributed by atoms with E-state index in [-0.39, 0.29) is 9.13 Å². The molecule has 1 N–H and O–H groups in total. The summed E-state index contributed by atoms with van der Waals surface area (Å²) in [5, 5.41) is 14.1. The number of aliphatic hydroxyl groups is 1. The van der Waals surface area contributed by atoms with Crippen molar-refractivity contribution in [3.05, 3.63) is 0 Å². The molecule has 0 aromatic heterocycles. The maximum absolute atomic E-state index is 14.1. The lowest BCUT2D eigenvalue weighted by molar-refractivity contribution is -0.103. The molecular weight excluding hydrogens is 1850 g/mol. The van der Waals surface area contributed by atoms with E-state index in [0.717, 1.165) is 310 Å². The minimum atomic E-state index is -2.16. The second-order valence-corrected chi connectivity index (χ2v) is 180. The Morgan fingerprint density at radius 2 is 0.521 bits per heavy atom. The number of hydrogen-bond acceptors (Lipinski definition) is 4. The maximum atomic E-state index is 14.1. The zero-order chi connectivity index (χ0) is 52.1. The molecule has 0 aliphatic rings. The highest BCUT2D eigenvalue weighted by molar-refractivity contribution is 7.74. The van der Waals surface area contributed by atoms with Crippen molar-refractivity contribution < 1.29 is 18.4 Å². The lowest BCUT2D eigenvalue weighted by Gasteiger charge is -2.49. The summed E-state index contributed by atoms with van der Waals surface area (Å²) in [4.78, 5) is -0.163. The molecule has 0 bridgehead atoms. The third-order valence-corrected chi connectivity index (χ3v) is 249. The predicted octanol–water partition coefficient (Wildman–Crippen LogP) is -23.1. The van der Waals surface area contributed by atoms with E-state index in [2.05, 4.69) is 72.4 Å². The van der Waals surface area contributed by atoms with Crippen LogP contribution in [0.3, 0.4) is 0 Å². The second kappa shape index (κ2) is 66.0. The zero-order valence-corrected chi connectivity index (χ0v) is 97.4. The third kappa shape index (κ3) is 53.4. The highest BCUT2D eigenvalue weighted by Gasteiger charge is 2.53. The molecule has 0 saturated carbocycles. The molecule has 1 unspecified atom stereocenters. The smallest absolute Gasteiger partial charge is 0.374 e. The van der Waals surface area contributed by atoms with Crippen molar-refractivity contribution in [2.45, 2.75) is 28.4 Å². The largest absolute Gasteiger partial charge is 0.579 e. The van der Waals surface area contributed by atoms with Gasteiger partial charge in [-0.2, -0.15) is 0 Å². The van der Waals surface area contributed by atoms with Gasteiger partial charge in [-0.1, -0.05) is 0 Å². The van der Waals surface area contributed by atoms with E-state index in [0.29, 0.717) is 15.6 Å². The summed E-state index contributed by atoms with van der Waals surface area (Å²) in [5.41, 5.74) is -1.09. The molecule has 0 aliphatic heterocycles. The van der Waals surface area contributed by atoms with Gasteiger partial charge in [0, 0.05) is 508 Å². The number of rotatable bonds is 61. The summed E-state index contributed by atoms with van der Waals surface area (Å²) < 4.78 is 21.9. The van der Waals surface area contributed by atoms with Gasteiger partial charge < -0.3 is 18.4 Å². The summed E-state index contributed by atoms with van der Waals surface area (Å²) >= 11 is 0. The molecule has 0 aromatic rings. The maximum Gasteiger partial charge on any atom is 0.579 e. The molecule has 1 atom stereocenters. The van der Waals surface area contributed by atoms with E-state index < -0.39 is 14.9 Å². The van der Waals surface area contributed by atoms with Crippen molar-refractivity contribution in [2.75, 3.05) is 6.61 Å². The Kier molecular flexibility index (Phi) is 78.2. The highest BCUT2D eigenvalue weighted by atomic mass is 30.1. The predicted molar refractivity (Wildman–Crippen MR) is 381 cm³/mol. The van der Waals surface area contributed by atoms with Crippen LogP contribution in [0.4, 0.5) is 0 Å². The van der Waals surface area contributed by atoms with Gasteiger partial charge in [0.05, 0.1) is 27.1 Å². The molecular formula is C6H9O4Si61. The monoisotopic (exact) mass is 1850 g/mol. The van der Waals surface area contributed by atoms with Gasteiger partial charge in [0.2, 0.25) is 0 Å². The Morgan fingerprint density at radius 3 is 0.761 bits per heavy atom. The van der Waals surface area contributed by atoms with Crippen LogP contribution < -0.4 is 0 Å². The van der Waals surface area contributed by atoms with Crippen molar-refractivity contribution >= 4 is 533 Å². The van der Waals surface area contributed by atoms with E-state index >= 15 is 0 Å². The van der Waals surface area contributed by atoms with Crippen molar-refractivity contribution in [2.24, 2.45) is 0 Å². The molecule has 0 saturated heterocycles. The van der Waals surface area contributed by atoms with Gasteiger partial charge >= 0.3 is 9.53 Å². The van der Waals surface area contributed by atoms with E-state index in [1.165, 1.54) is 145 Å². The molecule has 0 amide bonds. The first kappa shape index (κ1) is 84.1. The minimum absolute atomic E-state index is 0.0821. The Balaban J connectivity index is 6.96. The molecule has 301 valence electrons. The van der Waals surface area contributed by atoms with Gasteiger partial charge in [-0.25, -0.2) is 0 Å². The van der Waals surface area contributed by atoms with Gasteiger partial charge in [-0.15, -0.1) is 0 Å². The van der Waals surface area contributed by atoms with Gasteiger partial charge in [-0.3, -0.25) is 0 Å². The van der Waals surface area contributed by atoms with Crippen molar-refractivity contribution in [3.63, 3.8) is 0 Å². The quantitative estimate of drug-likeness (QED) is 0.0375. The van der Waals surface area contributed by atoms with Crippen molar-refractivity contribution in [1.82, 2.24) is 0 Å². The zero-order valence-electron chi connectivity index (χ0n) is 36.4. The van der Waals surface area contributed by atoms with Crippen LogP contribution in [-0.4, -0.2) is 555 Å². The van der Waals surface area contributed by atoms with Crippen LogP contribution in [0.5, 0.6) is 0 Å². The molecule has 0 spiro atoms. The minimum Gasteiger partial charge on any atom is -0.374 e. The Labute approximate surface area is 576 Å². The van der Waals surface area contributed by atoms with Crippen molar-refractivity contribution in [1.29, 1.82) is 0 Å². The van der Waals surface area contributed by atoms with Crippen LogP contribution in [0, 0.1) is 0 Å². The summed E-state index contributed by atoms with van der Waals surface area (Å²) in [6.45, 7) is 5.25. The topological polar surface area (TPSA) is 47.9 Å². The van der Waals surface area contributed by atoms with Gasteiger partial charge in [-0.05, 0) is 18.1 Å². The van der Waals surface area contributed by atoms with Gasteiger partial charge in [0.25, 0.3) is 0 Å². The second-order valence-electron chi connectivity index (χ2n) is 10.1. The molecule has 0 aromatic carbocycles. The lowest BCUT2D eigenvalue weighted by Crippen LogP contribution is -2.67. The van der Waals surface area contributed by atoms with Crippen LogP contribution >= 0.6 is 0 Å². The fourth-order valence-electron chi connectivity index (χ4n) is 3.03. The Hall–Kier alpha value is 13.1. The SMILES string of the molecule is CCO[Si](OC(C)([Si][Si][Si][Si][Si][Si][Si][Si][Si][Si])[Si][Si][Si][Si][Si][Si][Si][Si][Si][Si])OC(O)([Si][Si][Si][Si][Si][Si][Si][Si][Si][Si])C([Si][Si][Si][Si][Si][Si][Si][Si][Si][Si])([Si][Si][Si][Si][Si][Si][Si][Si][Si][Si])[Si][Si][Si][Si][Si][Si][Si][Si][Si][Si]. The fourth-order valence-corrected chi connectivity index (χ4v) is 340. The van der Waals surface area contributed by atoms with Crippen LogP contribution in [0.15, 0.2) is 0 Å². The van der Waals surface area contributed by atoms with Crippen LogP contribution in [0.2, 0.25) is 4.28 Å². The van der Waals surface area contributed by atoms with E-state index in [4.69, 9.17) is 13.3 Å². The van der Waals surface area contributed by atoms with E-state index in [1.807, 2.05) is 0 Å². The van der Waals surface area contributed by atoms with Crippen LogP contribution in [-0.2, 0) is 13.3 Å². The molecule has 0 heterocycles. The van der Waals surface area contributed by atoms with Crippen LogP contribution in [0.25, 0.3) is 0 Å². The van der Waals surface area contributed by atoms with E-state index in [1.54, 1.807) is 0 Å². The third-order valence-electron chi connectivity index (χ3n) is 5.50. The highest BCUT2D eigenvalue weighted by Crippen LogP contribution is 2.37. The van der Waals surface area contributed by atoms with Gasteiger partial charge in [0.1, 0.15) is 5.41 Å². The normalized spacial score (nSPS) is 13.3. The molecule has 65 heteroatoms. The first-order valence-electron chi connectivity index (χ1n) is 18.0. The Bertz CT molecular complexity index is 973. The molecule has 0 aliphatic carbocycles. The van der Waals surface area contributed by atoms with Gasteiger partial charge in [0.15, 0.2) is 0 Å². The molecule has 127 radical (unpaired) electrons. The first-order chi connectivity index (χ1) is 34.8. The standard InChI is InChI=1S/C6H9O4Si61/c1-3-8-71(9-4(2,17-29-41-53-65-59-47-35-23-11)18-30-42-54-66-60-48-36-24-12)10-5(7,19-31-43-55-67-61-49-37-25-13)6(20-32-44-56-68-62-50-38-26-14,21-33-45-57-69-63-51-39-27-15)22-34-46-58-70-64-52-40-28-16/h7H,3H2,1-2H3. The summed E-state index contributed by atoms with van der Waals surface area (Å²) in [6.07, 6.45) is 0. The van der Waals surface area contributed by atoms with E-state index in [9.17, 15) is 5.11 Å². The summed E-state index contributed by atoms with van der Waals surface area (Å²) in [7, 11) is 78.3. The average molecular weight is 1860 g/mol. The first-order valence-corrected chi connectivity index (χ1v) is 130. The fraction of sp³-hybridized carbons (Fsp3) is 1.00. The lowest BCUT2D eigenvalue weighted by atomic mass is 10.7.